The summed E-state index contributed by atoms with van der Waals surface area (Å²) in [5.41, 5.74) is 7.47. The van der Waals surface area contributed by atoms with Crippen molar-refractivity contribution in [1.82, 2.24) is 10.3 Å². The molecule has 0 aliphatic carbocycles. The van der Waals surface area contributed by atoms with Crippen LogP contribution < -0.4 is 11.1 Å². The van der Waals surface area contributed by atoms with E-state index < -0.39 is 5.54 Å². The third-order valence-electron chi connectivity index (χ3n) is 4.11. The fourth-order valence-corrected chi connectivity index (χ4v) is 2.43. The Morgan fingerprint density at radius 2 is 1.95 bits per heavy atom. The summed E-state index contributed by atoms with van der Waals surface area (Å²) in [5, 5.41) is 4.07. The Hall–Kier alpha value is -1.94. The van der Waals surface area contributed by atoms with Crippen molar-refractivity contribution in [2.24, 2.45) is 5.73 Å². The molecule has 3 N–H and O–H groups in total. The molecule has 2 rings (SSSR count). The third-order valence-corrected chi connectivity index (χ3v) is 4.11. The SMILES string of the molecule is CCC(N)(CC)C(=O)NCCc1cccc2cccnc12. The van der Waals surface area contributed by atoms with Crippen LogP contribution in [0.1, 0.15) is 32.3 Å². The number of carbonyl (C=O) groups excluding carboxylic acids is 1. The molecule has 2 aromatic rings. The molecular weight excluding hydrogens is 262 g/mol. The standard InChI is InChI=1S/C17H23N3O/c1-3-17(18,4-2)16(21)20-12-10-14-8-5-7-13-9-6-11-19-15(13)14/h5-9,11H,3-4,10,12,18H2,1-2H3,(H,20,21). The van der Waals surface area contributed by atoms with Gasteiger partial charge in [0.1, 0.15) is 0 Å². The van der Waals surface area contributed by atoms with Crippen LogP contribution in [0.15, 0.2) is 36.5 Å². The van der Waals surface area contributed by atoms with Crippen LogP contribution in [0.2, 0.25) is 0 Å². The molecule has 1 amide bonds. The molecule has 0 spiro atoms. The van der Waals surface area contributed by atoms with Crippen molar-refractivity contribution in [2.45, 2.75) is 38.6 Å². The van der Waals surface area contributed by atoms with Gasteiger partial charge in [0, 0.05) is 18.1 Å². The van der Waals surface area contributed by atoms with Gasteiger partial charge in [0.2, 0.25) is 5.91 Å². The summed E-state index contributed by atoms with van der Waals surface area (Å²) in [7, 11) is 0. The summed E-state index contributed by atoms with van der Waals surface area (Å²) >= 11 is 0. The first-order chi connectivity index (χ1) is 10.1. The molecule has 21 heavy (non-hydrogen) atoms. The maximum Gasteiger partial charge on any atom is 0.240 e. The lowest BCUT2D eigenvalue weighted by atomic mass is 9.93. The van der Waals surface area contributed by atoms with Crippen LogP contribution in [0.3, 0.4) is 0 Å². The molecular formula is C17H23N3O. The number of nitrogens with one attached hydrogen (secondary N) is 1. The quantitative estimate of drug-likeness (QED) is 0.856. The highest BCUT2D eigenvalue weighted by molar-refractivity contribution is 5.86. The fraction of sp³-hybridized carbons (Fsp3) is 0.412. The number of benzene rings is 1. The summed E-state index contributed by atoms with van der Waals surface area (Å²) in [4.78, 5) is 16.6. The second-order valence-corrected chi connectivity index (χ2v) is 5.36. The molecule has 0 aliphatic rings. The number of para-hydroxylation sites is 1. The lowest BCUT2D eigenvalue weighted by molar-refractivity contribution is -0.126. The molecule has 0 radical (unpaired) electrons. The van der Waals surface area contributed by atoms with E-state index in [0.717, 1.165) is 22.9 Å². The largest absolute Gasteiger partial charge is 0.354 e. The molecule has 1 heterocycles. The van der Waals surface area contributed by atoms with Gasteiger partial charge in [-0.15, -0.1) is 0 Å². The van der Waals surface area contributed by atoms with Crippen molar-refractivity contribution in [1.29, 1.82) is 0 Å². The number of aromatic nitrogens is 1. The first-order valence-electron chi connectivity index (χ1n) is 7.50. The normalized spacial score (nSPS) is 11.6. The van der Waals surface area contributed by atoms with Crippen molar-refractivity contribution in [3.8, 4) is 0 Å². The summed E-state index contributed by atoms with van der Waals surface area (Å²) in [6, 6.07) is 10.1. The number of pyridine rings is 1. The Morgan fingerprint density at radius 1 is 1.24 bits per heavy atom. The minimum atomic E-state index is -0.753. The van der Waals surface area contributed by atoms with Crippen molar-refractivity contribution in [2.75, 3.05) is 6.54 Å². The van der Waals surface area contributed by atoms with Crippen molar-refractivity contribution in [3.63, 3.8) is 0 Å². The average molecular weight is 285 g/mol. The molecule has 1 aromatic carbocycles. The van der Waals surface area contributed by atoms with E-state index in [1.807, 2.05) is 38.1 Å². The van der Waals surface area contributed by atoms with E-state index in [1.165, 1.54) is 0 Å². The molecule has 0 saturated heterocycles. The average Bonchev–Trinajstić information content (AvgIpc) is 2.54. The number of nitrogens with zero attached hydrogens (tertiary/aromatic N) is 1. The van der Waals surface area contributed by atoms with Gasteiger partial charge in [-0.1, -0.05) is 38.1 Å². The number of fused-ring (bicyclic) bond motifs is 1. The van der Waals surface area contributed by atoms with Crippen LogP contribution in [-0.4, -0.2) is 23.0 Å². The number of hydrogen-bond donors (Lipinski definition) is 2. The van der Waals surface area contributed by atoms with Gasteiger partial charge in [-0.2, -0.15) is 0 Å². The predicted octanol–water partition coefficient (Wildman–Crippen LogP) is 2.41. The molecule has 112 valence electrons. The molecule has 0 bridgehead atoms. The highest BCUT2D eigenvalue weighted by Crippen LogP contribution is 2.16. The van der Waals surface area contributed by atoms with Crippen LogP contribution in [-0.2, 0) is 11.2 Å². The second kappa shape index (κ2) is 6.68. The van der Waals surface area contributed by atoms with E-state index >= 15 is 0 Å². The Balaban J connectivity index is 2.01. The summed E-state index contributed by atoms with van der Waals surface area (Å²) in [6.07, 6.45) is 3.84. The first-order valence-corrected chi connectivity index (χ1v) is 7.50. The van der Waals surface area contributed by atoms with Crippen LogP contribution in [0, 0.1) is 0 Å². The molecule has 0 aliphatic heterocycles. The summed E-state index contributed by atoms with van der Waals surface area (Å²) in [6.45, 7) is 4.46. The van der Waals surface area contributed by atoms with Crippen LogP contribution in [0.4, 0.5) is 0 Å². The maximum atomic E-state index is 12.1. The molecule has 4 nitrogen and oxygen atoms in total. The fourth-order valence-electron chi connectivity index (χ4n) is 2.43. The van der Waals surface area contributed by atoms with E-state index in [4.69, 9.17) is 5.73 Å². The predicted molar refractivity (Wildman–Crippen MR) is 86.0 cm³/mol. The topological polar surface area (TPSA) is 68.0 Å². The zero-order valence-corrected chi connectivity index (χ0v) is 12.7. The van der Waals surface area contributed by atoms with Gasteiger partial charge in [0.05, 0.1) is 11.1 Å². The van der Waals surface area contributed by atoms with Gasteiger partial charge >= 0.3 is 0 Å². The molecule has 1 aromatic heterocycles. The molecule has 0 fully saturated rings. The van der Waals surface area contributed by atoms with Crippen LogP contribution in [0.25, 0.3) is 10.9 Å². The Bertz CT molecular complexity index is 615. The molecule has 4 heteroatoms. The van der Waals surface area contributed by atoms with Gasteiger partial charge in [-0.25, -0.2) is 0 Å². The van der Waals surface area contributed by atoms with E-state index in [-0.39, 0.29) is 5.91 Å². The molecule has 0 atom stereocenters. The molecule has 0 saturated carbocycles. The van der Waals surface area contributed by atoms with E-state index in [1.54, 1.807) is 6.20 Å². The lowest BCUT2D eigenvalue weighted by Crippen LogP contribution is -2.53. The van der Waals surface area contributed by atoms with Crippen molar-refractivity contribution >= 4 is 16.8 Å². The first kappa shape index (κ1) is 15.4. The highest BCUT2D eigenvalue weighted by Gasteiger charge is 2.29. The Morgan fingerprint density at radius 3 is 2.67 bits per heavy atom. The maximum absolute atomic E-state index is 12.1. The van der Waals surface area contributed by atoms with Crippen LogP contribution >= 0.6 is 0 Å². The lowest BCUT2D eigenvalue weighted by Gasteiger charge is -2.25. The van der Waals surface area contributed by atoms with Crippen molar-refractivity contribution < 1.29 is 4.79 Å². The highest BCUT2D eigenvalue weighted by atomic mass is 16.2. The number of nitrogens with two attached hydrogens (primary N) is 1. The second-order valence-electron chi connectivity index (χ2n) is 5.36. The zero-order chi connectivity index (χ0) is 15.3. The third kappa shape index (κ3) is 3.39. The minimum absolute atomic E-state index is 0.0688. The summed E-state index contributed by atoms with van der Waals surface area (Å²) in [5.74, 6) is -0.0688. The number of rotatable bonds is 6. The van der Waals surface area contributed by atoms with E-state index in [9.17, 15) is 4.79 Å². The minimum Gasteiger partial charge on any atom is -0.354 e. The number of carbonyl (C=O) groups is 1. The van der Waals surface area contributed by atoms with Gasteiger partial charge < -0.3 is 11.1 Å². The van der Waals surface area contributed by atoms with E-state index in [2.05, 4.69) is 16.4 Å². The van der Waals surface area contributed by atoms with Gasteiger partial charge in [-0.3, -0.25) is 9.78 Å². The molecule has 0 unspecified atom stereocenters. The van der Waals surface area contributed by atoms with Gasteiger partial charge in [0.25, 0.3) is 0 Å². The number of hydrogen-bond acceptors (Lipinski definition) is 3. The monoisotopic (exact) mass is 285 g/mol. The Labute approximate surface area is 125 Å². The van der Waals surface area contributed by atoms with E-state index in [0.29, 0.717) is 19.4 Å². The summed E-state index contributed by atoms with van der Waals surface area (Å²) < 4.78 is 0. The van der Waals surface area contributed by atoms with Gasteiger partial charge in [-0.05, 0) is 30.9 Å². The van der Waals surface area contributed by atoms with Crippen LogP contribution in [0.5, 0.6) is 0 Å². The Kier molecular flexibility index (Phi) is 4.91. The smallest absolute Gasteiger partial charge is 0.240 e. The van der Waals surface area contributed by atoms with Crippen molar-refractivity contribution in [3.05, 3.63) is 42.1 Å². The van der Waals surface area contributed by atoms with Gasteiger partial charge in [0.15, 0.2) is 0 Å². The zero-order valence-electron chi connectivity index (χ0n) is 12.7. The number of amides is 1.